The number of nitrogens with one attached hydrogen (secondary N) is 1. The summed E-state index contributed by atoms with van der Waals surface area (Å²) in [5.74, 6) is 0. The van der Waals surface area contributed by atoms with Gasteiger partial charge in [-0.1, -0.05) is 49.4 Å². The van der Waals surface area contributed by atoms with Gasteiger partial charge in [0.2, 0.25) is 0 Å². The lowest BCUT2D eigenvalue weighted by atomic mass is 10.0. The van der Waals surface area contributed by atoms with E-state index in [1.54, 1.807) is 0 Å². The molecule has 88 valence electrons. The van der Waals surface area contributed by atoms with Gasteiger partial charge in [-0.3, -0.25) is 0 Å². The largest absolute Gasteiger partial charge is 0.379 e. The van der Waals surface area contributed by atoms with Crippen molar-refractivity contribution in [2.24, 2.45) is 0 Å². The van der Waals surface area contributed by atoms with E-state index in [9.17, 15) is 0 Å². The van der Waals surface area contributed by atoms with Gasteiger partial charge in [0.25, 0.3) is 0 Å². The fraction of sp³-hybridized carbons (Fsp3) is 0.250. The van der Waals surface area contributed by atoms with Crippen molar-refractivity contribution in [1.82, 2.24) is 0 Å². The molecule has 0 spiro atoms. The summed E-state index contributed by atoms with van der Waals surface area (Å²) < 4.78 is 0. The molecule has 1 atom stereocenters. The molecule has 0 unspecified atom stereocenters. The van der Waals surface area contributed by atoms with E-state index in [0.29, 0.717) is 6.04 Å². The van der Waals surface area contributed by atoms with E-state index in [-0.39, 0.29) is 0 Å². The molecule has 1 heteroatoms. The van der Waals surface area contributed by atoms with Crippen molar-refractivity contribution >= 4 is 5.69 Å². The quantitative estimate of drug-likeness (QED) is 0.812. The van der Waals surface area contributed by atoms with E-state index in [1.165, 1.54) is 16.8 Å². The molecule has 2 rings (SSSR count). The maximum absolute atomic E-state index is 3.50. The second-order valence-corrected chi connectivity index (χ2v) is 4.33. The van der Waals surface area contributed by atoms with Gasteiger partial charge < -0.3 is 5.32 Å². The average Bonchev–Trinajstić information content (AvgIpc) is 2.40. The molecule has 0 aliphatic heterocycles. The van der Waals surface area contributed by atoms with Crippen LogP contribution in [-0.2, 0) is 6.42 Å². The lowest BCUT2D eigenvalue weighted by molar-refractivity contribution is 0.883. The lowest BCUT2D eigenvalue weighted by Crippen LogP contribution is -2.06. The zero-order valence-electron chi connectivity index (χ0n) is 10.5. The summed E-state index contributed by atoms with van der Waals surface area (Å²) in [5.41, 5.74) is 3.88. The Labute approximate surface area is 103 Å². The van der Waals surface area contributed by atoms with Crippen LogP contribution in [0.15, 0.2) is 54.6 Å². The van der Waals surface area contributed by atoms with Gasteiger partial charge in [-0.2, -0.15) is 0 Å². The minimum absolute atomic E-state index is 0.336. The number of para-hydroxylation sites is 1. The van der Waals surface area contributed by atoms with Gasteiger partial charge in [0.15, 0.2) is 0 Å². The highest BCUT2D eigenvalue weighted by Gasteiger charge is 2.04. The Morgan fingerprint density at radius 3 is 2.18 bits per heavy atom. The zero-order chi connectivity index (χ0) is 12.1. The van der Waals surface area contributed by atoms with Gasteiger partial charge in [-0.15, -0.1) is 0 Å². The molecule has 1 nitrogen and oxygen atoms in total. The molecule has 2 aromatic carbocycles. The van der Waals surface area contributed by atoms with Crippen molar-refractivity contribution in [2.45, 2.75) is 26.3 Å². The van der Waals surface area contributed by atoms with Crippen molar-refractivity contribution < 1.29 is 0 Å². The maximum atomic E-state index is 3.50. The first-order valence-corrected chi connectivity index (χ1v) is 6.20. The molecule has 17 heavy (non-hydrogen) atoms. The minimum Gasteiger partial charge on any atom is -0.379 e. The Morgan fingerprint density at radius 1 is 0.941 bits per heavy atom. The van der Waals surface area contributed by atoms with Gasteiger partial charge in [-0.25, -0.2) is 0 Å². The molecule has 0 amide bonds. The molecule has 2 aromatic rings. The van der Waals surface area contributed by atoms with Crippen LogP contribution in [0.25, 0.3) is 0 Å². The van der Waals surface area contributed by atoms with Crippen LogP contribution in [0.3, 0.4) is 0 Å². The minimum atomic E-state index is 0.336. The van der Waals surface area contributed by atoms with Crippen molar-refractivity contribution in [1.29, 1.82) is 0 Å². The fourth-order valence-electron chi connectivity index (χ4n) is 1.91. The molecular weight excluding hydrogens is 206 g/mol. The Morgan fingerprint density at radius 2 is 1.59 bits per heavy atom. The molecule has 0 aromatic heterocycles. The highest BCUT2D eigenvalue weighted by atomic mass is 14.9. The van der Waals surface area contributed by atoms with Crippen LogP contribution in [0.4, 0.5) is 5.69 Å². The number of rotatable bonds is 4. The van der Waals surface area contributed by atoms with Gasteiger partial charge in [-0.05, 0) is 36.6 Å². The summed E-state index contributed by atoms with van der Waals surface area (Å²) in [4.78, 5) is 0. The van der Waals surface area contributed by atoms with Crippen LogP contribution >= 0.6 is 0 Å². The van der Waals surface area contributed by atoms with Crippen LogP contribution in [-0.4, -0.2) is 0 Å². The third kappa shape index (κ3) is 3.10. The maximum Gasteiger partial charge on any atom is 0.0485 e. The monoisotopic (exact) mass is 225 g/mol. The van der Waals surface area contributed by atoms with Crippen molar-refractivity contribution in [2.75, 3.05) is 5.32 Å². The molecular formula is C16H19N. The van der Waals surface area contributed by atoms with E-state index in [2.05, 4.69) is 67.7 Å². The molecule has 0 aliphatic rings. The third-order valence-corrected chi connectivity index (χ3v) is 3.04. The van der Waals surface area contributed by atoms with Crippen molar-refractivity contribution in [3.63, 3.8) is 0 Å². The van der Waals surface area contributed by atoms with E-state index in [1.807, 2.05) is 6.07 Å². The predicted octanol–water partition coefficient (Wildman–Crippen LogP) is 4.42. The van der Waals surface area contributed by atoms with E-state index < -0.39 is 0 Å². The molecule has 1 N–H and O–H groups in total. The summed E-state index contributed by atoms with van der Waals surface area (Å²) in [7, 11) is 0. The van der Waals surface area contributed by atoms with Crippen molar-refractivity contribution in [3.05, 3.63) is 65.7 Å². The third-order valence-electron chi connectivity index (χ3n) is 3.04. The summed E-state index contributed by atoms with van der Waals surface area (Å²) in [6.45, 7) is 4.37. The first-order valence-electron chi connectivity index (χ1n) is 6.20. The average molecular weight is 225 g/mol. The van der Waals surface area contributed by atoms with Crippen LogP contribution in [0.1, 0.15) is 31.0 Å². The number of hydrogen-bond acceptors (Lipinski definition) is 1. The highest BCUT2D eigenvalue weighted by Crippen LogP contribution is 2.19. The van der Waals surface area contributed by atoms with E-state index in [0.717, 1.165) is 6.42 Å². The summed E-state index contributed by atoms with van der Waals surface area (Å²) in [6.07, 6.45) is 1.10. The molecule has 0 radical (unpaired) electrons. The van der Waals surface area contributed by atoms with Crippen LogP contribution in [0.2, 0.25) is 0 Å². The van der Waals surface area contributed by atoms with Crippen molar-refractivity contribution in [3.8, 4) is 0 Å². The molecule has 0 aliphatic carbocycles. The Balaban J connectivity index is 2.06. The molecule has 0 heterocycles. The number of hydrogen-bond donors (Lipinski definition) is 1. The topological polar surface area (TPSA) is 12.0 Å². The molecule has 0 saturated heterocycles. The molecule has 0 bridgehead atoms. The van der Waals surface area contributed by atoms with Gasteiger partial charge in [0.1, 0.15) is 0 Å². The Kier molecular flexibility index (Phi) is 3.81. The number of anilines is 1. The van der Waals surface area contributed by atoms with Crippen LogP contribution in [0, 0.1) is 0 Å². The summed E-state index contributed by atoms with van der Waals surface area (Å²) in [6, 6.07) is 19.5. The van der Waals surface area contributed by atoms with E-state index >= 15 is 0 Å². The second kappa shape index (κ2) is 5.53. The SMILES string of the molecule is CCc1ccc([C@@H](C)Nc2ccccc2)cc1. The van der Waals surface area contributed by atoms with Crippen LogP contribution in [0.5, 0.6) is 0 Å². The zero-order valence-corrected chi connectivity index (χ0v) is 10.5. The smallest absolute Gasteiger partial charge is 0.0485 e. The normalized spacial score (nSPS) is 12.1. The van der Waals surface area contributed by atoms with E-state index in [4.69, 9.17) is 0 Å². The Bertz CT molecular complexity index is 445. The fourth-order valence-corrected chi connectivity index (χ4v) is 1.91. The van der Waals surface area contributed by atoms with Gasteiger partial charge >= 0.3 is 0 Å². The standard InChI is InChI=1S/C16H19N/c1-3-14-9-11-15(12-10-14)13(2)17-16-7-5-4-6-8-16/h4-13,17H,3H2,1-2H3/t13-/m1/s1. The van der Waals surface area contributed by atoms with Crippen LogP contribution < -0.4 is 5.32 Å². The first-order chi connectivity index (χ1) is 8.29. The second-order valence-electron chi connectivity index (χ2n) is 4.33. The lowest BCUT2D eigenvalue weighted by Gasteiger charge is -2.16. The van der Waals surface area contributed by atoms with Gasteiger partial charge in [0, 0.05) is 11.7 Å². The Hall–Kier alpha value is -1.76. The van der Waals surface area contributed by atoms with Gasteiger partial charge in [0.05, 0.1) is 0 Å². The summed E-state index contributed by atoms with van der Waals surface area (Å²) in [5, 5.41) is 3.50. The predicted molar refractivity (Wildman–Crippen MR) is 74.3 cm³/mol. The molecule has 0 saturated carbocycles. The number of aryl methyl sites for hydroxylation is 1. The number of benzene rings is 2. The summed E-state index contributed by atoms with van der Waals surface area (Å²) >= 11 is 0. The highest BCUT2D eigenvalue weighted by molar-refractivity contribution is 5.45. The molecule has 0 fully saturated rings. The first kappa shape index (κ1) is 11.7.